The molecule has 0 spiro atoms. The third-order valence-electron chi connectivity index (χ3n) is 3.14. The monoisotopic (exact) mass is 212 g/mol. The van der Waals surface area contributed by atoms with Crippen LogP contribution in [0.1, 0.15) is 25.7 Å². The van der Waals surface area contributed by atoms with Crippen molar-refractivity contribution in [1.29, 1.82) is 0 Å². The maximum atomic E-state index is 6.35. The highest BCUT2D eigenvalue weighted by molar-refractivity contribution is 4.93. The fraction of sp³-hybridized carbons (Fsp3) is 0.833. The minimum absolute atomic E-state index is 0.0384. The maximum Gasteiger partial charge on any atom is 0.0589 e. The van der Waals surface area contributed by atoms with Crippen molar-refractivity contribution in [2.45, 2.75) is 31.2 Å². The van der Waals surface area contributed by atoms with E-state index in [0.717, 1.165) is 39.1 Å². The molecule has 3 nitrogen and oxygen atoms in total. The Labute approximate surface area is 93.3 Å². The normalized spacial score (nSPS) is 19.7. The summed E-state index contributed by atoms with van der Waals surface area (Å²) in [5.41, 5.74) is 6.38. The molecule has 0 bridgehead atoms. The first-order chi connectivity index (χ1) is 7.20. The molecule has 2 N–H and O–H groups in total. The van der Waals surface area contributed by atoms with Crippen LogP contribution in [0.25, 0.3) is 0 Å². The predicted octanol–water partition coefficient (Wildman–Crippen LogP) is 1.39. The zero-order valence-electron chi connectivity index (χ0n) is 9.87. The second-order valence-corrected chi connectivity index (χ2v) is 4.59. The van der Waals surface area contributed by atoms with Crippen LogP contribution in [-0.2, 0) is 4.74 Å². The first-order valence-corrected chi connectivity index (χ1v) is 5.81. The minimum atomic E-state index is 0.0384. The van der Waals surface area contributed by atoms with Crippen molar-refractivity contribution >= 4 is 0 Å². The smallest absolute Gasteiger partial charge is 0.0589 e. The van der Waals surface area contributed by atoms with E-state index in [4.69, 9.17) is 10.5 Å². The molecule has 3 heteroatoms. The van der Waals surface area contributed by atoms with Crippen molar-refractivity contribution in [3.05, 3.63) is 12.7 Å². The fourth-order valence-corrected chi connectivity index (χ4v) is 2.32. The molecule has 1 saturated carbocycles. The molecule has 0 atom stereocenters. The fourth-order valence-electron chi connectivity index (χ4n) is 2.32. The summed E-state index contributed by atoms with van der Waals surface area (Å²) in [4.78, 5) is 2.34. The van der Waals surface area contributed by atoms with E-state index < -0.39 is 0 Å². The Morgan fingerprint density at radius 1 is 1.47 bits per heavy atom. The van der Waals surface area contributed by atoms with Crippen LogP contribution >= 0.6 is 0 Å². The van der Waals surface area contributed by atoms with E-state index in [0.29, 0.717) is 0 Å². The second kappa shape index (κ2) is 6.26. The van der Waals surface area contributed by atoms with Gasteiger partial charge in [-0.3, -0.25) is 4.90 Å². The number of ether oxygens (including phenoxy) is 1. The number of rotatable bonds is 7. The van der Waals surface area contributed by atoms with Gasteiger partial charge in [-0.25, -0.2) is 0 Å². The lowest BCUT2D eigenvalue weighted by molar-refractivity contribution is 0.138. The number of nitrogens with zero attached hydrogens (tertiary/aromatic N) is 1. The molecule has 1 rings (SSSR count). The molecular formula is C12H24N2O. The van der Waals surface area contributed by atoms with E-state index in [1.54, 1.807) is 7.11 Å². The van der Waals surface area contributed by atoms with Crippen molar-refractivity contribution in [2.75, 3.05) is 33.4 Å². The standard InChI is InChI=1S/C12H24N2O/c1-3-8-14(9-10-15-2)11-12(13)6-4-5-7-12/h3H,1,4-11,13H2,2H3. The van der Waals surface area contributed by atoms with E-state index >= 15 is 0 Å². The first kappa shape index (κ1) is 12.7. The van der Waals surface area contributed by atoms with Crippen LogP contribution < -0.4 is 5.73 Å². The molecule has 0 unspecified atom stereocenters. The Morgan fingerprint density at radius 2 is 2.13 bits per heavy atom. The molecule has 0 aliphatic heterocycles. The summed E-state index contributed by atoms with van der Waals surface area (Å²) in [6, 6.07) is 0. The van der Waals surface area contributed by atoms with Crippen LogP contribution in [0.3, 0.4) is 0 Å². The van der Waals surface area contributed by atoms with Crippen LogP contribution in [0.2, 0.25) is 0 Å². The van der Waals surface area contributed by atoms with Gasteiger partial charge in [-0.1, -0.05) is 18.9 Å². The lowest BCUT2D eigenvalue weighted by atomic mass is 9.98. The van der Waals surface area contributed by atoms with E-state index in [1.807, 2.05) is 6.08 Å². The average Bonchev–Trinajstić information content (AvgIpc) is 2.62. The third-order valence-corrected chi connectivity index (χ3v) is 3.14. The van der Waals surface area contributed by atoms with Gasteiger partial charge in [0.1, 0.15) is 0 Å². The van der Waals surface area contributed by atoms with E-state index in [1.165, 1.54) is 12.8 Å². The molecule has 0 aromatic carbocycles. The van der Waals surface area contributed by atoms with E-state index in [2.05, 4.69) is 11.5 Å². The Hall–Kier alpha value is -0.380. The van der Waals surface area contributed by atoms with Crippen molar-refractivity contribution < 1.29 is 4.74 Å². The highest BCUT2D eigenvalue weighted by Gasteiger charge is 2.30. The molecular weight excluding hydrogens is 188 g/mol. The summed E-state index contributed by atoms with van der Waals surface area (Å²) < 4.78 is 5.10. The molecule has 15 heavy (non-hydrogen) atoms. The lowest BCUT2D eigenvalue weighted by Crippen LogP contribution is -2.48. The lowest BCUT2D eigenvalue weighted by Gasteiger charge is -2.31. The zero-order chi connectivity index (χ0) is 11.1. The average molecular weight is 212 g/mol. The Kier molecular flexibility index (Phi) is 5.29. The summed E-state index contributed by atoms with van der Waals surface area (Å²) in [5, 5.41) is 0. The van der Waals surface area contributed by atoms with Gasteiger partial charge in [0.05, 0.1) is 6.61 Å². The molecule has 1 aliphatic carbocycles. The van der Waals surface area contributed by atoms with Gasteiger partial charge in [-0.15, -0.1) is 6.58 Å². The van der Waals surface area contributed by atoms with Gasteiger partial charge < -0.3 is 10.5 Å². The highest BCUT2D eigenvalue weighted by Crippen LogP contribution is 2.27. The number of nitrogens with two attached hydrogens (primary N) is 1. The molecule has 0 aromatic heterocycles. The maximum absolute atomic E-state index is 6.35. The molecule has 0 aromatic rings. The van der Waals surface area contributed by atoms with E-state index in [9.17, 15) is 0 Å². The van der Waals surface area contributed by atoms with Crippen molar-refractivity contribution in [2.24, 2.45) is 5.73 Å². The Bertz CT molecular complexity index is 188. The van der Waals surface area contributed by atoms with Gasteiger partial charge in [0.15, 0.2) is 0 Å². The molecule has 1 fully saturated rings. The van der Waals surface area contributed by atoms with Gasteiger partial charge in [-0.2, -0.15) is 0 Å². The van der Waals surface area contributed by atoms with Gasteiger partial charge >= 0.3 is 0 Å². The summed E-state index contributed by atoms with van der Waals surface area (Å²) in [5.74, 6) is 0. The summed E-state index contributed by atoms with van der Waals surface area (Å²) in [7, 11) is 1.74. The second-order valence-electron chi connectivity index (χ2n) is 4.59. The van der Waals surface area contributed by atoms with E-state index in [-0.39, 0.29) is 5.54 Å². The number of hydrogen-bond acceptors (Lipinski definition) is 3. The molecule has 0 radical (unpaired) electrons. The molecule has 0 amide bonds. The third kappa shape index (κ3) is 4.33. The SMILES string of the molecule is C=CCN(CCOC)CC1(N)CCCC1. The Balaban J connectivity index is 2.37. The topological polar surface area (TPSA) is 38.5 Å². The summed E-state index contributed by atoms with van der Waals surface area (Å²) >= 11 is 0. The van der Waals surface area contributed by atoms with Crippen LogP contribution in [0, 0.1) is 0 Å². The summed E-state index contributed by atoms with van der Waals surface area (Å²) in [6.07, 6.45) is 6.82. The van der Waals surface area contributed by atoms with Gasteiger partial charge in [0.25, 0.3) is 0 Å². The van der Waals surface area contributed by atoms with Crippen LogP contribution in [0.15, 0.2) is 12.7 Å². The van der Waals surface area contributed by atoms with Crippen molar-refractivity contribution in [1.82, 2.24) is 4.90 Å². The van der Waals surface area contributed by atoms with Crippen molar-refractivity contribution in [3.63, 3.8) is 0 Å². The van der Waals surface area contributed by atoms with Crippen molar-refractivity contribution in [3.8, 4) is 0 Å². The quantitative estimate of drug-likeness (QED) is 0.648. The highest BCUT2D eigenvalue weighted by atomic mass is 16.5. The van der Waals surface area contributed by atoms with Gasteiger partial charge in [0, 0.05) is 32.3 Å². The first-order valence-electron chi connectivity index (χ1n) is 5.81. The zero-order valence-corrected chi connectivity index (χ0v) is 9.87. The predicted molar refractivity (Wildman–Crippen MR) is 63.9 cm³/mol. The van der Waals surface area contributed by atoms with Crippen LogP contribution in [0.4, 0.5) is 0 Å². The number of methoxy groups -OCH3 is 1. The Morgan fingerprint density at radius 3 is 2.67 bits per heavy atom. The largest absolute Gasteiger partial charge is 0.383 e. The molecule has 88 valence electrons. The molecule has 1 aliphatic rings. The van der Waals surface area contributed by atoms with Crippen LogP contribution in [0.5, 0.6) is 0 Å². The minimum Gasteiger partial charge on any atom is -0.383 e. The van der Waals surface area contributed by atoms with Gasteiger partial charge in [-0.05, 0) is 12.8 Å². The molecule has 0 heterocycles. The molecule has 0 saturated heterocycles. The number of hydrogen-bond donors (Lipinski definition) is 1. The summed E-state index contributed by atoms with van der Waals surface area (Å²) in [6.45, 7) is 7.38. The van der Waals surface area contributed by atoms with Gasteiger partial charge in [0.2, 0.25) is 0 Å². The van der Waals surface area contributed by atoms with Crippen LogP contribution in [-0.4, -0.2) is 43.8 Å².